The van der Waals surface area contributed by atoms with E-state index in [4.69, 9.17) is 4.74 Å². The van der Waals surface area contributed by atoms with Crippen LogP contribution in [0.1, 0.15) is 17.5 Å². The van der Waals surface area contributed by atoms with Crippen molar-refractivity contribution in [3.63, 3.8) is 0 Å². The van der Waals surface area contributed by atoms with Crippen LogP contribution in [0.5, 0.6) is 0 Å². The van der Waals surface area contributed by atoms with Gasteiger partial charge in [-0.1, -0.05) is 29.0 Å². The molecule has 0 radical (unpaired) electrons. The third kappa shape index (κ3) is 4.87. The summed E-state index contributed by atoms with van der Waals surface area (Å²) in [6, 6.07) is 7.70. The number of benzene rings is 1. The molecule has 2 rings (SSSR count). The van der Waals surface area contributed by atoms with Gasteiger partial charge in [-0.05, 0) is 19.1 Å². The number of nitrogens with zero attached hydrogens (tertiary/aromatic N) is 1. The fraction of sp³-hybridized carbons (Fsp3) is 0.267. The van der Waals surface area contributed by atoms with Crippen LogP contribution < -0.4 is 0 Å². The molecular weight excluding hydrogens is 354 g/mol. The predicted molar refractivity (Wildman–Crippen MR) is 88.6 cm³/mol. The maximum atomic E-state index is 12.1. The topological polar surface area (TPSA) is 104 Å². The van der Waals surface area contributed by atoms with Crippen molar-refractivity contribution in [2.45, 2.75) is 24.8 Å². The highest BCUT2D eigenvalue weighted by Gasteiger charge is 2.17. The van der Waals surface area contributed by atoms with Crippen LogP contribution in [0.15, 0.2) is 40.6 Å². The Bertz CT molecular complexity index is 839. The molecule has 0 fully saturated rings. The molecule has 0 unspecified atom stereocenters. The van der Waals surface area contributed by atoms with Gasteiger partial charge in [-0.3, -0.25) is 14.9 Å². The number of ether oxygens (including phenoxy) is 1. The summed E-state index contributed by atoms with van der Waals surface area (Å²) in [6.07, 6.45) is -0.275. The maximum Gasteiger partial charge on any atom is 0.324 e. The molecule has 0 aliphatic carbocycles. The Balaban J connectivity index is 1.86. The molecule has 0 atom stereocenters. The van der Waals surface area contributed by atoms with E-state index in [1.54, 1.807) is 12.1 Å². The summed E-state index contributed by atoms with van der Waals surface area (Å²) in [5.41, 5.74) is 1.44. The molecular formula is C15H15NO6S2. The van der Waals surface area contributed by atoms with Crippen molar-refractivity contribution in [1.29, 1.82) is 0 Å². The second-order valence-corrected chi connectivity index (χ2v) is 8.09. The van der Waals surface area contributed by atoms with Crippen LogP contribution in [0.3, 0.4) is 0 Å². The van der Waals surface area contributed by atoms with E-state index in [9.17, 15) is 23.3 Å². The van der Waals surface area contributed by atoms with Crippen molar-refractivity contribution >= 4 is 32.1 Å². The maximum absolute atomic E-state index is 12.1. The van der Waals surface area contributed by atoms with E-state index in [0.717, 1.165) is 16.9 Å². The molecule has 1 aromatic heterocycles. The first-order valence-electron chi connectivity index (χ1n) is 6.95. The largest absolute Gasteiger partial charge is 0.461 e. The second kappa shape index (κ2) is 7.54. The molecule has 2 aromatic rings. The lowest BCUT2D eigenvalue weighted by atomic mass is 10.2. The van der Waals surface area contributed by atoms with Crippen molar-refractivity contribution in [2.24, 2.45) is 0 Å². The Kier molecular flexibility index (Phi) is 5.68. The summed E-state index contributed by atoms with van der Waals surface area (Å²) in [5, 5.41) is 12.0. The SMILES string of the molecule is Cc1ccc(S(=O)(=O)CCC(=O)OCc2csc([N+](=O)[O-])c2)cc1. The fourth-order valence-corrected chi connectivity index (χ4v) is 3.79. The highest BCUT2D eigenvalue weighted by Crippen LogP contribution is 2.23. The monoisotopic (exact) mass is 369 g/mol. The zero-order valence-corrected chi connectivity index (χ0v) is 14.4. The molecule has 0 saturated carbocycles. The van der Waals surface area contributed by atoms with Crippen LogP contribution in [-0.4, -0.2) is 25.1 Å². The summed E-state index contributed by atoms with van der Waals surface area (Å²) < 4.78 is 29.2. The van der Waals surface area contributed by atoms with Crippen LogP contribution >= 0.6 is 11.3 Å². The molecule has 24 heavy (non-hydrogen) atoms. The number of nitro groups is 1. The Morgan fingerprint density at radius 3 is 2.54 bits per heavy atom. The van der Waals surface area contributed by atoms with Crippen LogP contribution in [0, 0.1) is 17.0 Å². The lowest BCUT2D eigenvalue weighted by Gasteiger charge is -2.05. The van der Waals surface area contributed by atoms with E-state index in [2.05, 4.69) is 0 Å². The Labute approximate surface area is 143 Å². The minimum absolute atomic E-state index is 0.0389. The molecule has 7 nitrogen and oxygen atoms in total. The molecule has 0 N–H and O–H groups in total. The Hall–Kier alpha value is -2.26. The molecule has 9 heteroatoms. The molecule has 128 valence electrons. The van der Waals surface area contributed by atoms with E-state index in [1.165, 1.54) is 23.6 Å². The van der Waals surface area contributed by atoms with Gasteiger partial charge in [0.25, 0.3) is 0 Å². The average molecular weight is 369 g/mol. The molecule has 1 aromatic carbocycles. The van der Waals surface area contributed by atoms with Crippen LogP contribution in [0.2, 0.25) is 0 Å². The van der Waals surface area contributed by atoms with Gasteiger partial charge in [-0.25, -0.2) is 8.42 Å². The highest BCUT2D eigenvalue weighted by molar-refractivity contribution is 7.91. The van der Waals surface area contributed by atoms with Crippen molar-refractivity contribution in [3.05, 3.63) is 57.0 Å². The molecule has 1 heterocycles. The van der Waals surface area contributed by atoms with Crippen LogP contribution in [0.4, 0.5) is 5.00 Å². The van der Waals surface area contributed by atoms with Gasteiger partial charge in [0.2, 0.25) is 0 Å². The zero-order valence-electron chi connectivity index (χ0n) is 12.8. The van der Waals surface area contributed by atoms with Gasteiger partial charge < -0.3 is 4.74 Å². The normalized spacial score (nSPS) is 11.2. The van der Waals surface area contributed by atoms with Gasteiger partial charge in [0, 0.05) is 17.0 Å². The summed E-state index contributed by atoms with van der Waals surface area (Å²) in [6.45, 7) is 1.73. The minimum atomic E-state index is -3.55. The van der Waals surface area contributed by atoms with Gasteiger partial charge in [0.1, 0.15) is 6.61 Å². The number of hydrogen-bond donors (Lipinski definition) is 0. The first-order valence-corrected chi connectivity index (χ1v) is 9.48. The van der Waals surface area contributed by atoms with E-state index >= 15 is 0 Å². The van der Waals surface area contributed by atoms with Crippen molar-refractivity contribution in [1.82, 2.24) is 0 Å². The summed E-state index contributed by atoms with van der Waals surface area (Å²) in [5.74, 6) is -1.02. The van der Waals surface area contributed by atoms with Gasteiger partial charge in [-0.15, -0.1) is 0 Å². The minimum Gasteiger partial charge on any atom is -0.461 e. The van der Waals surface area contributed by atoms with Crippen LogP contribution in [-0.2, 0) is 26.0 Å². The first-order chi connectivity index (χ1) is 11.3. The second-order valence-electron chi connectivity index (χ2n) is 5.09. The smallest absolute Gasteiger partial charge is 0.324 e. The molecule has 0 saturated heterocycles. The highest BCUT2D eigenvalue weighted by atomic mass is 32.2. The molecule has 0 amide bonds. The van der Waals surface area contributed by atoms with Crippen LogP contribution in [0.25, 0.3) is 0 Å². The third-order valence-corrected chi connectivity index (χ3v) is 5.84. The van der Waals surface area contributed by atoms with Gasteiger partial charge in [0.05, 0.1) is 22.0 Å². The van der Waals surface area contributed by atoms with Crippen molar-refractivity contribution < 1.29 is 22.9 Å². The number of esters is 1. The Morgan fingerprint density at radius 2 is 1.96 bits per heavy atom. The lowest BCUT2D eigenvalue weighted by Crippen LogP contribution is -2.13. The van der Waals surface area contributed by atoms with E-state index in [0.29, 0.717) is 5.56 Å². The molecule has 0 aliphatic rings. The molecule has 0 aliphatic heterocycles. The molecule has 0 spiro atoms. The zero-order chi connectivity index (χ0) is 17.7. The summed E-state index contributed by atoms with van der Waals surface area (Å²) in [4.78, 5) is 21.9. The average Bonchev–Trinajstić information content (AvgIpc) is 3.01. The quantitative estimate of drug-likeness (QED) is 0.422. The van der Waals surface area contributed by atoms with Gasteiger partial charge in [0.15, 0.2) is 9.84 Å². The number of thiophene rings is 1. The standard InChI is InChI=1S/C15H15NO6S2/c1-11-2-4-13(5-3-11)24(20,21)7-6-15(17)22-9-12-8-14(16(18)19)23-10-12/h2-5,8,10H,6-7,9H2,1H3. The predicted octanol–water partition coefficient (Wildman–Crippen LogP) is 2.87. The first kappa shape index (κ1) is 18.1. The Morgan fingerprint density at radius 1 is 1.29 bits per heavy atom. The van der Waals surface area contributed by atoms with Gasteiger partial charge in [-0.2, -0.15) is 0 Å². The van der Waals surface area contributed by atoms with E-state index in [1.807, 2.05) is 6.92 Å². The fourth-order valence-electron chi connectivity index (χ4n) is 1.85. The summed E-state index contributed by atoms with van der Waals surface area (Å²) in [7, 11) is -3.55. The number of carbonyl (C=O) groups excluding carboxylic acids is 1. The number of carbonyl (C=O) groups is 1. The van der Waals surface area contributed by atoms with Gasteiger partial charge >= 0.3 is 11.0 Å². The lowest BCUT2D eigenvalue weighted by molar-refractivity contribution is -0.380. The number of sulfone groups is 1. The number of rotatable bonds is 7. The van der Waals surface area contributed by atoms with E-state index < -0.39 is 20.7 Å². The van der Waals surface area contributed by atoms with E-state index in [-0.39, 0.29) is 28.7 Å². The van der Waals surface area contributed by atoms with Crippen molar-refractivity contribution in [2.75, 3.05) is 5.75 Å². The molecule has 0 bridgehead atoms. The number of hydrogen-bond acceptors (Lipinski definition) is 7. The number of aryl methyl sites for hydroxylation is 1. The third-order valence-electron chi connectivity index (χ3n) is 3.17. The summed E-state index contributed by atoms with van der Waals surface area (Å²) >= 11 is 0.939. The van der Waals surface area contributed by atoms with Crippen molar-refractivity contribution in [3.8, 4) is 0 Å².